The molecule has 0 spiro atoms. The zero-order valence-electron chi connectivity index (χ0n) is 19.7. The van der Waals surface area contributed by atoms with Gasteiger partial charge in [-0.25, -0.2) is 4.99 Å². The number of hydrogen-bond donors (Lipinski definition) is 4. The average molecular weight is 479 g/mol. The van der Waals surface area contributed by atoms with Gasteiger partial charge in [-0.05, 0) is 31.0 Å². The molecule has 2 heterocycles. The Labute approximate surface area is 204 Å². The molecule has 0 amide bonds. The van der Waals surface area contributed by atoms with Crippen molar-refractivity contribution in [3.05, 3.63) is 71.4 Å². The number of H-pyrrole nitrogens is 1. The SMILES string of the molecule is Cn1cc(-c2c[nH]c(C(=NC3CCC(N)C3(C)C)/C(=C\N)C(N)=Nc3ccccc3Cl)c2)cn1. The van der Waals surface area contributed by atoms with Gasteiger partial charge in [-0.2, -0.15) is 5.10 Å². The molecule has 1 aliphatic carbocycles. The molecule has 1 saturated carbocycles. The van der Waals surface area contributed by atoms with E-state index in [1.54, 1.807) is 16.8 Å². The molecule has 2 unspecified atom stereocenters. The van der Waals surface area contributed by atoms with E-state index in [-0.39, 0.29) is 23.3 Å². The van der Waals surface area contributed by atoms with Gasteiger partial charge in [0.2, 0.25) is 0 Å². The zero-order chi connectivity index (χ0) is 24.5. The quantitative estimate of drug-likeness (QED) is 0.315. The fourth-order valence-electron chi connectivity index (χ4n) is 4.29. The predicted molar refractivity (Wildman–Crippen MR) is 139 cm³/mol. The van der Waals surface area contributed by atoms with Crippen LogP contribution in [-0.4, -0.2) is 38.4 Å². The molecule has 0 saturated heterocycles. The molecule has 1 fully saturated rings. The van der Waals surface area contributed by atoms with Crippen LogP contribution in [0.1, 0.15) is 32.4 Å². The van der Waals surface area contributed by atoms with E-state index in [0.717, 1.165) is 29.7 Å². The molecule has 1 aromatic carbocycles. The first-order valence-electron chi connectivity index (χ1n) is 11.2. The van der Waals surface area contributed by atoms with E-state index >= 15 is 0 Å². The van der Waals surface area contributed by atoms with Gasteiger partial charge in [0.15, 0.2) is 0 Å². The Bertz CT molecular complexity index is 1260. The first-order chi connectivity index (χ1) is 16.2. The molecule has 178 valence electrons. The summed E-state index contributed by atoms with van der Waals surface area (Å²) >= 11 is 6.31. The third-order valence-electron chi connectivity index (χ3n) is 6.62. The summed E-state index contributed by atoms with van der Waals surface area (Å²) in [6, 6.07) is 9.35. The van der Waals surface area contributed by atoms with E-state index in [1.807, 2.05) is 43.8 Å². The van der Waals surface area contributed by atoms with Gasteiger partial charge < -0.3 is 22.2 Å². The van der Waals surface area contributed by atoms with E-state index in [9.17, 15) is 0 Å². The smallest absolute Gasteiger partial charge is 0.135 e. The lowest BCUT2D eigenvalue weighted by molar-refractivity contribution is 0.296. The minimum atomic E-state index is -0.168. The Hall–Kier alpha value is -3.36. The van der Waals surface area contributed by atoms with Gasteiger partial charge in [-0.3, -0.25) is 9.67 Å². The highest BCUT2D eigenvalue weighted by Crippen LogP contribution is 2.39. The van der Waals surface area contributed by atoms with Crippen LogP contribution in [0.15, 0.2) is 70.7 Å². The van der Waals surface area contributed by atoms with Crippen molar-refractivity contribution in [2.75, 3.05) is 0 Å². The number of nitrogens with one attached hydrogen (secondary N) is 1. The summed E-state index contributed by atoms with van der Waals surface area (Å²) in [4.78, 5) is 13.1. The van der Waals surface area contributed by atoms with Gasteiger partial charge >= 0.3 is 0 Å². The van der Waals surface area contributed by atoms with Crippen LogP contribution < -0.4 is 17.2 Å². The topological polar surface area (TPSA) is 136 Å². The van der Waals surface area contributed by atoms with Crippen molar-refractivity contribution in [3.63, 3.8) is 0 Å². The van der Waals surface area contributed by atoms with Crippen molar-refractivity contribution >= 4 is 28.8 Å². The lowest BCUT2D eigenvalue weighted by Crippen LogP contribution is -2.38. The molecule has 2 atom stereocenters. The van der Waals surface area contributed by atoms with Crippen LogP contribution in [0.4, 0.5) is 5.69 Å². The molecule has 0 radical (unpaired) electrons. The number of nitrogens with two attached hydrogens (primary N) is 3. The van der Waals surface area contributed by atoms with Crippen LogP contribution >= 0.6 is 11.6 Å². The summed E-state index contributed by atoms with van der Waals surface area (Å²) in [5.41, 5.74) is 23.3. The van der Waals surface area contributed by atoms with Gasteiger partial charge in [0, 0.05) is 48.2 Å². The molecule has 1 aliphatic rings. The second kappa shape index (κ2) is 9.48. The monoisotopic (exact) mass is 478 g/mol. The number of rotatable bonds is 6. The number of hydrogen-bond acceptors (Lipinski definition) is 5. The third-order valence-corrected chi connectivity index (χ3v) is 6.94. The van der Waals surface area contributed by atoms with Crippen molar-refractivity contribution in [1.29, 1.82) is 0 Å². The number of aromatic amines is 1. The van der Waals surface area contributed by atoms with Crippen molar-refractivity contribution in [2.45, 2.75) is 38.8 Å². The van der Waals surface area contributed by atoms with Gasteiger partial charge in [0.05, 0.1) is 39.9 Å². The third kappa shape index (κ3) is 4.64. The van der Waals surface area contributed by atoms with Crippen LogP contribution in [0.3, 0.4) is 0 Å². The Morgan fingerprint density at radius 3 is 2.65 bits per heavy atom. The maximum absolute atomic E-state index is 6.47. The second-order valence-electron chi connectivity index (χ2n) is 9.23. The van der Waals surface area contributed by atoms with Gasteiger partial charge in [-0.15, -0.1) is 0 Å². The Morgan fingerprint density at radius 1 is 1.26 bits per heavy atom. The molecule has 3 aromatic rings. The highest BCUT2D eigenvalue weighted by atomic mass is 35.5. The lowest BCUT2D eigenvalue weighted by atomic mass is 9.84. The minimum absolute atomic E-state index is 0.00528. The van der Waals surface area contributed by atoms with Crippen LogP contribution in [0.2, 0.25) is 5.02 Å². The number of halogens is 1. The maximum Gasteiger partial charge on any atom is 0.135 e. The van der Waals surface area contributed by atoms with Crippen molar-refractivity contribution in [1.82, 2.24) is 14.8 Å². The van der Waals surface area contributed by atoms with Crippen molar-refractivity contribution < 1.29 is 0 Å². The Balaban J connectivity index is 1.80. The summed E-state index contributed by atoms with van der Waals surface area (Å²) in [6.45, 7) is 4.30. The number of para-hydroxylation sites is 1. The first kappa shape index (κ1) is 23.8. The number of benzene rings is 1. The van der Waals surface area contributed by atoms with E-state index in [4.69, 9.17) is 33.8 Å². The molecular weight excluding hydrogens is 448 g/mol. The van der Waals surface area contributed by atoms with Crippen molar-refractivity contribution in [2.24, 2.45) is 39.6 Å². The molecule has 2 aromatic heterocycles. The second-order valence-corrected chi connectivity index (χ2v) is 9.64. The zero-order valence-corrected chi connectivity index (χ0v) is 20.4. The Morgan fingerprint density at radius 2 is 2.03 bits per heavy atom. The highest BCUT2D eigenvalue weighted by molar-refractivity contribution is 6.34. The molecule has 8 nitrogen and oxygen atoms in total. The maximum atomic E-state index is 6.47. The summed E-state index contributed by atoms with van der Waals surface area (Å²) in [5, 5.41) is 4.77. The number of aliphatic imine (C=N–C) groups is 2. The molecule has 0 bridgehead atoms. The molecule has 0 aliphatic heterocycles. The van der Waals surface area contributed by atoms with Gasteiger partial charge in [0.25, 0.3) is 0 Å². The number of amidine groups is 1. The first-order valence-corrected chi connectivity index (χ1v) is 11.6. The molecule has 4 rings (SSSR count). The summed E-state index contributed by atoms with van der Waals surface area (Å²) in [5.74, 6) is 0.229. The van der Waals surface area contributed by atoms with Gasteiger partial charge in [0.1, 0.15) is 5.84 Å². The molecule has 7 N–H and O–H groups in total. The number of nitrogens with zero attached hydrogens (tertiary/aromatic N) is 4. The standard InChI is InChI=1S/C25H31ClN8/c1-25(2)21(28)8-9-22(25)33-23(20-10-15(12-30-20)16-13-31-34(3)14-16)17(11-27)24(29)32-19-7-5-4-6-18(19)26/h4-7,10-14,21-22,30H,8-9,27-28H2,1-3H3,(H2,29,32)/b17-11+,33-23?. The molecule has 9 heteroatoms. The summed E-state index contributed by atoms with van der Waals surface area (Å²) < 4.78 is 1.76. The van der Waals surface area contributed by atoms with E-state index in [2.05, 4.69) is 28.9 Å². The van der Waals surface area contributed by atoms with Crippen molar-refractivity contribution in [3.8, 4) is 11.1 Å². The summed E-state index contributed by atoms with van der Waals surface area (Å²) in [7, 11) is 1.89. The van der Waals surface area contributed by atoms with E-state index < -0.39 is 0 Å². The van der Waals surface area contributed by atoms with Crippen LogP contribution in [0.25, 0.3) is 11.1 Å². The highest BCUT2D eigenvalue weighted by Gasteiger charge is 2.41. The molecule has 34 heavy (non-hydrogen) atoms. The minimum Gasteiger partial charge on any atom is -0.404 e. The fourth-order valence-corrected chi connectivity index (χ4v) is 4.46. The normalized spacial score (nSPS) is 21.3. The Kier molecular flexibility index (Phi) is 6.63. The average Bonchev–Trinajstić information content (AvgIpc) is 3.51. The van der Waals surface area contributed by atoms with Crippen LogP contribution in [-0.2, 0) is 7.05 Å². The van der Waals surface area contributed by atoms with Crippen LogP contribution in [0, 0.1) is 5.41 Å². The largest absolute Gasteiger partial charge is 0.404 e. The number of aryl methyl sites for hydroxylation is 1. The predicted octanol–water partition coefficient (Wildman–Crippen LogP) is 3.91. The lowest BCUT2D eigenvalue weighted by Gasteiger charge is -2.29. The van der Waals surface area contributed by atoms with Crippen LogP contribution in [0.5, 0.6) is 0 Å². The fraction of sp³-hybridized carbons (Fsp3) is 0.320. The summed E-state index contributed by atoms with van der Waals surface area (Å²) in [6.07, 6.45) is 8.92. The molecular formula is C25H31ClN8. The van der Waals surface area contributed by atoms with Gasteiger partial charge in [-0.1, -0.05) is 37.6 Å². The number of aromatic nitrogens is 3. The van der Waals surface area contributed by atoms with E-state index in [1.165, 1.54) is 6.20 Å². The van der Waals surface area contributed by atoms with E-state index in [0.29, 0.717) is 22.0 Å².